The van der Waals surface area contributed by atoms with Crippen LogP contribution in [0.3, 0.4) is 0 Å². The van der Waals surface area contributed by atoms with Crippen LogP contribution in [0.15, 0.2) is 36.4 Å². The van der Waals surface area contributed by atoms with Gasteiger partial charge in [-0.15, -0.1) is 0 Å². The smallest absolute Gasteiger partial charge is 0.322 e. The van der Waals surface area contributed by atoms with Crippen molar-refractivity contribution in [3.05, 3.63) is 52.0 Å². The largest absolute Gasteiger partial charge is 0.454 e. The van der Waals surface area contributed by atoms with Crippen molar-refractivity contribution in [1.82, 2.24) is 9.80 Å². The Hall–Kier alpha value is -2.15. The molecule has 1 fully saturated rings. The Bertz CT molecular complexity index is 979. The highest BCUT2D eigenvalue weighted by molar-refractivity contribution is 6.42. The van der Waals surface area contributed by atoms with Crippen molar-refractivity contribution in [3.8, 4) is 11.5 Å². The Labute approximate surface area is 205 Å². The first-order chi connectivity index (χ1) is 15.9. The summed E-state index contributed by atoms with van der Waals surface area (Å²) in [5, 5.41) is 3.88. The summed E-state index contributed by atoms with van der Waals surface area (Å²) in [5.74, 6) is 1.46. The van der Waals surface area contributed by atoms with Gasteiger partial charge in [0.05, 0.1) is 10.0 Å². The second kappa shape index (κ2) is 10.9. The van der Waals surface area contributed by atoms with Crippen molar-refractivity contribution in [1.29, 1.82) is 0 Å². The van der Waals surface area contributed by atoms with Crippen LogP contribution in [0, 0.1) is 0 Å². The highest BCUT2D eigenvalue weighted by atomic mass is 35.5. The molecule has 0 aliphatic carbocycles. The van der Waals surface area contributed by atoms with Gasteiger partial charge in [-0.1, -0.05) is 42.6 Å². The number of ether oxygens (including phenoxy) is 2. The molecule has 4 rings (SSSR count). The zero-order valence-corrected chi connectivity index (χ0v) is 20.7. The second-order valence-corrected chi connectivity index (χ2v) is 9.59. The maximum atomic E-state index is 13.4. The fourth-order valence-corrected chi connectivity index (χ4v) is 4.91. The monoisotopic (exact) mass is 491 g/mol. The minimum Gasteiger partial charge on any atom is -0.454 e. The third-order valence-corrected chi connectivity index (χ3v) is 7.23. The molecule has 2 amide bonds. The molecule has 178 valence electrons. The maximum Gasteiger partial charge on any atom is 0.322 e. The summed E-state index contributed by atoms with van der Waals surface area (Å²) in [4.78, 5) is 17.9. The SMILES string of the molecule is CCCC(C)N1CCC(N(Cc2ccc3c(c2)OCO3)C(=O)Nc2ccc(Cl)c(Cl)c2)CC1. The van der Waals surface area contributed by atoms with Crippen LogP contribution in [-0.2, 0) is 6.54 Å². The number of likely N-dealkylation sites (tertiary alicyclic amines) is 1. The van der Waals surface area contributed by atoms with Gasteiger partial charge in [-0.2, -0.15) is 0 Å². The number of halogens is 2. The molecule has 1 unspecified atom stereocenters. The van der Waals surface area contributed by atoms with Gasteiger partial charge < -0.3 is 24.6 Å². The van der Waals surface area contributed by atoms with Crippen LogP contribution < -0.4 is 14.8 Å². The number of anilines is 1. The topological polar surface area (TPSA) is 54.0 Å². The number of carbonyl (C=O) groups is 1. The molecular formula is C25H31Cl2N3O3. The lowest BCUT2D eigenvalue weighted by Gasteiger charge is -2.40. The van der Waals surface area contributed by atoms with Crippen LogP contribution in [0.25, 0.3) is 0 Å². The van der Waals surface area contributed by atoms with E-state index in [1.54, 1.807) is 18.2 Å². The third-order valence-electron chi connectivity index (χ3n) is 6.49. The van der Waals surface area contributed by atoms with E-state index in [1.807, 2.05) is 23.1 Å². The van der Waals surface area contributed by atoms with Gasteiger partial charge in [-0.25, -0.2) is 4.79 Å². The van der Waals surface area contributed by atoms with E-state index in [4.69, 9.17) is 32.7 Å². The first-order valence-electron chi connectivity index (χ1n) is 11.6. The second-order valence-electron chi connectivity index (χ2n) is 8.78. The Morgan fingerprint density at radius 2 is 1.88 bits per heavy atom. The lowest BCUT2D eigenvalue weighted by Crippen LogP contribution is -2.50. The minimum atomic E-state index is -0.147. The number of fused-ring (bicyclic) bond motifs is 1. The predicted molar refractivity (Wildman–Crippen MR) is 133 cm³/mol. The average Bonchev–Trinajstić information content (AvgIpc) is 3.28. The van der Waals surface area contributed by atoms with E-state index in [0.717, 1.165) is 43.0 Å². The van der Waals surface area contributed by atoms with E-state index in [-0.39, 0.29) is 18.9 Å². The van der Waals surface area contributed by atoms with Gasteiger partial charge in [0.2, 0.25) is 6.79 Å². The number of carbonyl (C=O) groups excluding carboxylic acids is 1. The quantitative estimate of drug-likeness (QED) is 0.486. The first-order valence-corrected chi connectivity index (χ1v) is 12.4. The van der Waals surface area contributed by atoms with Crippen molar-refractivity contribution in [3.63, 3.8) is 0 Å². The number of nitrogens with one attached hydrogen (secondary N) is 1. The minimum absolute atomic E-state index is 0.142. The number of hydrogen-bond donors (Lipinski definition) is 1. The number of urea groups is 1. The van der Waals surface area contributed by atoms with Crippen molar-refractivity contribution in [2.75, 3.05) is 25.2 Å². The molecule has 0 spiro atoms. The van der Waals surface area contributed by atoms with Gasteiger partial charge in [-0.3, -0.25) is 0 Å². The molecule has 0 aromatic heterocycles. The van der Waals surface area contributed by atoms with Crippen LogP contribution in [0.1, 0.15) is 45.1 Å². The molecule has 2 aliphatic heterocycles. The van der Waals surface area contributed by atoms with E-state index in [0.29, 0.717) is 28.3 Å². The summed E-state index contributed by atoms with van der Waals surface area (Å²) in [6.45, 7) is 7.22. The zero-order valence-electron chi connectivity index (χ0n) is 19.2. The van der Waals surface area contributed by atoms with Gasteiger partial charge in [0.25, 0.3) is 0 Å². The highest BCUT2D eigenvalue weighted by Crippen LogP contribution is 2.33. The van der Waals surface area contributed by atoms with Crippen LogP contribution in [0.4, 0.5) is 10.5 Å². The van der Waals surface area contributed by atoms with Gasteiger partial charge in [0, 0.05) is 37.4 Å². The van der Waals surface area contributed by atoms with E-state index in [2.05, 4.69) is 24.1 Å². The Morgan fingerprint density at radius 3 is 2.61 bits per heavy atom. The van der Waals surface area contributed by atoms with E-state index in [1.165, 1.54) is 12.8 Å². The molecule has 6 nitrogen and oxygen atoms in total. The fourth-order valence-electron chi connectivity index (χ4n) is 4.61. The third kappa shape index (κ3) is 5.86. The van der Waals surface area contributed by atoms with Gasteiger partial charge >= 0.3 is 6.03 Å². The number of hydrogen-bond acceptors (Lipinski definition) is 4. The van der Waals surface area contributed by atoms with Crippen molar-refractivity contribution < 1.29 is 14.3 Å². The number of piperidine rings is 1. The molecule has 8 heteroatoms. The van der Waals surface area contributed by atoms with Crippen LogP contribution in [0.5, 0.6) is 11.5 Å². The summed E-state index contributed by atoms with van der Waals surface area (Å²) in [7, 11) is 0. The molecule has 1 saturated heterocycles. The molecule has 1 N–H and O–H groups in total. The van der Waals surface area contributed by atoms with Crippen LogP contribution >= 0.6 is 23.2 Å². The van der Waals surface area contributed by atoms with E-state index in [9.17, 15) is 4.79 Å². The molecule has 1 atom stereocenters. The summed E-state index contributed by atoms with van der Waals surface area (Å²) >= 11 is 12.2. The van der Waals surface area contributed by atoms with Crippen molar-refractivity contribution in [2.24, 2.45) is 0 Å². The van der Waals surface area contributed by atoms with Gasteiger partial charge in [-0.05, 0) is 62.1 Å². The lowest BCUT2D eigenvalue weighted by atomic mass is 10.00. The number of benzene rings is 2. The maximum absolute atomic E-state index is 13.4. The van der Waals surface area contributed by atoms with Crippen molar-refractivity contribution in [2.45, 2.75) is 58.2 Å². The molecule has 2 heterocycles. The Balaban J connectivity index is 1.50. The Kier molecular flexibility index (Phi) is 7.89. The predicted octanol–water partition coefficient (Wildman–Crippen LogP) is 6.41. The molecule has 0 bridgehead atoms. The summed E-state index contributed by atoms with van der Waals surface area (Å²) in [6, 6.07) is 11.6. The fraction of sp³-hybridized carbons (Fsp3) is 0.480. The van der Waals surface area contributed by atoms with Gasteiger partial charge in [0.1, 0.15) is 0 Å². The lowest BCUT2D eigenvalue weighted by molar-refractivity contribution is 0.0989. The van der Waals surface area contributed by atoms with E-state index < -0.39 is 0 Å². The van der Waals surface area contributed by atoms with Crippen LogP contribution in [0.2, 0.25) is 10.0 Å². The van der Waals surface area contributed by atoms with Crippen molar-refractivity contribution >= 4 is 34.9 Å². The molecule has 0 saturated carbocycles. The normalized spacial score (nSPS) is 17.1. The molecule has 0 radical (unpaired) electrons. The number of amides is 2. The molecular weight excluding hydrogens is 461 g/mol. The average molecular weight is 492 g/mol. The molecule has 33 heavy (non-hydrogen) atoms. The summed E-state index contributed by atoms with van der Waals surface area (Å²) < 4.78 is 11.0. The summed E-state index contributed by atoms with van der Waals surface area (Å²) in [6.07, 6.45) is 4.26. The Morgan fingerprint density at radius 1 is 1.12 bits per heavy atom. The standard InChI is InChI=1S/C25H31Cl2N3O3/c1-3-4-17(2)29-11-9-20(10-12-29)30(15-18-5-8-23-24(13-18)33-16-32-23)25(31)28-19-6-7-21(26)22(27)14-19/h5-8,13-14,17,20H,3-4,9-12,15-16H2,1-2H3,(H,28,31). The van der Waals surface area contributed by atoms with Gasteiger partial charge in [0.15, 0.2) is 11.5 Å². The molecule has 2 aromatic rings. The number of rotatable bonds is 7. The molecule has 2 aliphatic rings. The summed E-state index contributed by atoms with van der Waals surface area (Å²) in [5.41, 5.74) is 1.63. The van der Waals surface area contributed by atoms with E-state index >= 15 is 0 Å². The zero-order chi connectivity index (χ0) is 23.4. The first kappa shape index (κ1) is 24.0. The highest BCUT2D eigenvalue weighted by Gasteiger charge is 2.30. The molecule has 2 aromatic carbocycles. The number of nitrogens with zero attached hydrogens (tertiary/aromatic N) is 2. The van der Waals surface area contributed by atoms with Crippen LogP contribution in [-0.4, -0.2) is 47.8 Å².